The van der Waals surface area contributed by atoms with Gasteiger partial charge in [-0.2, -0.15) is 0 Å². The van der Waals surface area contributed by atoms with Gasteiger partial charge in [-0.3, -0.25) is 4.79 Å². The molecule has 96 valence electrons. The van der Waals surface area contributed by atoms with Gasteiger partial charge >= 0.3 is 0 Å². The second kappa shape index (κ2) is 4.76. The highest BCUT2D eigenvalue weighted by molar-refractivity contribution is 5.95. The number of rotatable bonds is 2. The Morgan fingerprint density at radius 1 is 1.16 bits per heavy atom. The Morgan fingerprint density at radius 2 is 2.00 bits per heavy atom. The number of hydrogen-bond donors (Lipinski definition) is 1. The molecule has 0 aliphatic carbocycles. The minimum absolute atomic E-state index is 0.0616. The summed E-state index contributed by atoms with van der Waals surface area (Å²) in [6, 6.07) is 15.9. The number of ether oxygens (including phenoxy) is 1. The highest BCUT2D eigenvalue weighted by Crippen LogP contribution is 2.37. The van der Waals surface area contributed by atoms with Crippen LogP contribution in [0.15, 0.2) is 48.5 Å². The van der Waals surface area contributed by atoms with Gasteiger partial charge in [0.05, 0.1) is 7.11 Å². The van der Waals surface area contributed by atoms with Gasteiger partial charge in [-0.15, -0.1) is 0 Å². The van der Waals surface area contributed by atoms with E-state index in [4.69, 9.17) is 4.74 Å². The van der Waals surface area contributed by atoms with Gasteiger partial charge in [-0.05, 0) is 29.3 Å². The lowest BCUT2D eigenvalue weighted by molar-refractivity contribution is -0.116. The summed E-state index contributed by atoms with van der Waals surface area (Å²) in [5, 5.41) is 2.92. The van der Waals surface area contributed by atoms with Crippen molar-refractivity contribution in [1.29, 1.82) is 0 Å². The third-order valence-electron chi connectivity index (χ3n) is 3.50. The quantitative estimate of drug-likeness (QED) is 0.892. The normalized spacial score (nSPS) is 17.5. The van der Waals surface area contributed by atoms with Gasteiger partial charge in [0.25, 0.3) is 0 Å². The standard InChI is InChI=1S/C16H15NO2/c1-19-12-6-4-5-11(9-12)14-10-16(18)17-15-8-3-2-7-13(14)15/h2-9,14H,10H2,1H3,(H,17,18). The fourth-order valence-electron chi connectivity index (χ4n) is 2.57. The molecule has 19 heavy (non-hydrogen) atoms. The number of amides is 1. The largest absolute Gasteiger partial charge is 0.497 e. The molecule has 3 rings (SSSR count). The van der Waals surface area contributed by atoms with E-state index in [9.17, 15) is 4.79 Å². The van der Waals surface area contributed by atoms with E-state index in [2.05, 4.69) is 11.4 Å². The molecule has 3 heteroatoms. The van der Waals surface area contributed by atoms with Crippen LogP contribution >= 0.6 is 0 Å². The monoisotopic (exact) mass is 253 g/mol. The summed E-state index contributed by atoms with van der Waals surface area (Å²) in [5.74, 6) is 0.979. The second-order valence-electron chi connectivity index (χ2n) is 4.67. The van der Waals surface area contributed by atoms with Crippen LogP contribution in [-0.2, 0) is 4.79 Å². The zero-order valence-electron chi connectivity index (χ0n) is 10.7. The molecule has 0 aromatic heterocycles. The molecule has 1 N–H and O–H groups in total. The zero-order valence-corrected chi connectivity index (χ0v) is 10.7. The van der Waals surface area contributed by atoms with Gasteiger partial charge in [0.1, 0.15) is 5.75 Å². The number of carbonyl (C=O) groups is 1. The SMILES string of the molecule is COc1cccc(C2CC(=O)Nc3ccccc32)c1. The first-order valence-electron chi connectivity index (χ1n) is 6.30. The maximum Gasteiger partial charge on any atom is 0.225 e. The predicted octanol–water partition coefficient (Wildman–Crippen LogP) is 3.17. The summed E-state index contributed by atoms with van der Waals surface area (Å²) < 4.78 is 5.26. The molecule has 2 aromatic rings. The predicted molar refractivity (Wildman–Crippen MR) is 74.5 cm³/mol. The third kappa shape index (κ3) is 2.19. The van der Waals surface area contributed by atoms with E-state index in [-0.39, 0.29) is 11.8 Å². The molecule has 0 saturated carbocycles. The summed E-state index contributed by atoms with van der Waals surface area (Å²) in [6.07, 6.45) is 0.476. The van der Waals surface area contributed by atoms with E-state index >= 15 is 0 Å². The number of nitrogens with one attached hydrogen (secondary N) is 1. The lowest BCUT2D eigenvalue weighted by atomic mass is 9.85. The van der Waals surface area contributed by atoms with Gasteiger partial charge in [0, 0.05) is 18.0 Å². The van der Waals surface area contributed by atoms with Crippen molar-refractivity contribution in [1.82, 2.24) is 0 Å². The number of fused-ring (bicyclic) bond motifs is 1. The van der Waals surface area contributed by atoms with E-state index in [0.717, 1.165) is 22.6 Å². The number of carbonyl (C=O) groups excluding carboxylic acids is 1. The Morgan fingerprint density at radius 3 is 2.84 bits per heavy atom. The maximum absolute atomic E-state index is 11.8. The molecule has 1 amide bonds. The summed E-state index contributed by atoms with van der Waals surface area (Å²) in [4.78, 5) is 11.8. The molecule has 1 heterocycles. The Labute approximate surface area is 112 Å². The fourth-order valence-corrected chi connectivity index (χ4v) is 2.57. The molecular formula is C16H15NO2. The zero-order chi connectivity index (χ0) is 13.2. The minimum atomic E-state index is 0.0616. The summed E-state index contributed by atoms with van der Waals surface area (Å²) in [6.45, 7) is 0. The molecule has 3 nitrogen and oxygen atoms in total. The molecule has 1 aliphatic heterocycles. The van der Waals surface area contributed by atoms with Crippen LogP contribution in [0.25, 0.3) is 0 Å². The molecule has 1 atom stereocenters. The molecule has 0 spiro atoms. The Kier molecular flexibility index (Phi) is 2.95. The van der Waals surface area contributed by atoms with Crippen molar-refractivity contribution in [3.8, 4) is 5.75 Å². The average molecular weight is 253 g/mol. The first-order chi connectivity index (χ1) is 9.28. The smallest absolute Gasteiger partial charge is 0.225 e. The van der Waals surface area contributed by atoms with Crippen LogP contribution < -0.4 is 10.1 Å². The summed E-state index contributed by atoms with van der Waals surface area (Å²) in [5.41, 5.74) is 3.18. The number of anilines is 1. The molecule has 1 unspecified atom stereocenters. The van der Waals surface area contributed by atoms with Crippen molar-refractivity contribution < 1.29 is 9.53 Å². The van der Waals surface area contributed by atoms with Crippen LogP contribution in [0.1, 0.15) is 23.5 Å². The molecule has 0 saturated heterocycles. The number of benzene rings is 2. The van der Waals surface area contributed by atoms with Crippen molar-refractivity contribution in [3.63, 3.8) is 0 Å². The van der Waals surface area contributed by atoms with Gasteiger partial charge in [-0.25, -0.2) is 0 Å². The number of methoxy groups -OCH3 is 1. The van der Waals surface area contributed by atoms with Crippen LogP contribution in [0.3, 0.4) is 0 Å². The van der Waals surface area contributed by atoms with Crippen LogP contribution in [-0.4, -0.2) is 13.0 Å². The van der Waals surface area contributed by atoms with Crippen molar-refractivity contribution >= 4 is 11.6 Å². The van der Waals surface area contributed by atoms with Crippen LogP contribution in [0.5, 0.6) is 5.75 Å². The van der Waals surface area contributed by atoms with Crippen molar-refractivity contribution in [3.05, 3.63) is 59.7 Å². The molecule has 0 fully saturated rings. The van der Waals surface area contributed by atoms with Crippen molar-refractivity contribution in [2.45, 2.75) is 12.3 Å². The second-order valence-corrected chi connectivity index (χ2v) is 4.67. The summed E-state index contributed by atoms with van der Waals surface area (Å²) >= 11 is 0. The lowest BCUT2D eigenvalue weighted by Crippen LogP contribution is -2.23. The number of para-hydroxylation sites is 1. The molecule has 0 bridgehead atoms. The minimum Gasteiger partial charge on any atom is -0.497 e. The van der Waals surface area contributed by atoms with E-state index in [1.807, 2.05) is 42.5 Å². The van der Waals surface area contributed by atoms with Crippen molar-refractivity contribution in [2.75, 3.05) is 12.4 Å². The topological polar surface area (TPSA) is 38.3 Å². The molecule has 0 radical (unpaired) electrons. The Hall–Kier alpha value is -2.29. The molecule has 2 aromatic carbocycles. The first-order valence-corrected chi connectivity index (χ1v) is 6.30. The summed E-state index contributed by atoms with van der Waals surface area (Å²) in [7, 11) is 1.65. The van der Waals surface area contributed by atoms with E-state index in [1.54, 1.807) is 7.11 Å². The van der Waals surface area contributed by atoms with E-state index in [1.165, 1.54) is 0 Å². The Bertz CT molecular complexity index is 622. The third-order valence-corrected chi connectivity index (χ3v) is 3.50. The highest BCUT2D eigenvalue weighted by atomic mass is 16.5. The van der Waals surface area contributed by atoms with Gasteiger partial charge in [0.15, 0.2) is 0 Å². The van der Waals surface area contributed by atoms with Gasteiger partial charge < -0.3 is 10.1 Å². The maximum atomic E-state index is 11.8. The van der Waals surface area contributed by atoms with Crippen LogP contribution in [0, 0.1) is 0 Å². The van der Waals surface area contributed by atoms with E-state index in [0.29, 0.717) is 6.42 Å². The fraction of sp³-hybridized carbons (Fsp3) is 0.188. The first kappa shape index (κ1) is 11.8. The molecular weight excluding hydrogens is 238 g/mol. The van der Waals surface area contributed by atoms with E-state index < -0.39 is 0 Å². The van der Waals surface area contributed by atoms with Crippen molar-refractivity contribution in [2.24, 2.45) is 0 Å². The van der Waals surface area contributed by atoms with Gasteiger partial charge in [-0.1, -0.05) is 30.3 Å². The Balaban J connectivity index is 2.07. The van der Waals surface area contributed by atoms with Crippen LogP contribution in [0.2, 0.25) is 0 Å². The molecule has 1 aliphatic rings. The van der Waals surface area contributed by atoms with Gasteiger partial charge in [0.2, 0.25) is 5.91 Å². The highest BCUT2D eigenvalue weighted by Gasteiger charge is 2.26. The number of hydrogen-bond acceptors (Lipinski definition) is 2. The lowest BCUT2D eigenvalue weighted by Gasteiger charge is -2.26. The van der Waals surface area contributed by atoms with Crippen LogP contribution in [0.4, 0.5) is 5.69 Å². The average Bonchev–Trinajstić information content (AvgIpc) is 2.46.